The van der Waals surface area contributed by atoms with Crippen LogP contribution in [-0.4, -0.2) is 141 Å². The van der Waals surface area contributed by atoms with Gasteiger partial charge in [-0.1, -0.05) is 43.2 Å². The number of aromatic carboxylic acids is 1. The number of ether oxygens (including phenoxy) is 3. The summed E-state index contributed by atoms with van der Waals surface area (Å²) in [5, 5.41) is 45.6. The van der Waals surface area contributed by atoms with E-state index in [0.717, 1.165) is 9.87 Å². The number of fused-ring (bicyclic) bond motifs is 3. The minimum absolute atomic E-state index is 0.0734. The van der Waals surface area contributed by atoms with Crippen LogP contribution in [-0.2, 0) is 35.6 Å². The van der Waals surface area contributed by atoms with Gasteiger partial charge in [-0.05, 0) is 72.9 Å². The summed E-state index contributed by atoms with van der Waals surface area (Å²) in [5.41, 5.74) is 14.3. The van der Waals surface area contributed by atoms with Gasteiger partial charge in [-0.3, -0.25) is 19.0 Å². The summed E-state index contributed by atoms with van der Waals surface area (Å²) in [6.45, 7) is 0.647. The molecule has 0 unspecified atom stereocenters. The number of nitrogens with two attached hydrogens (primary N) is 2. The van der Waals surface area contributed by atoms with Crippen LogP contribution in [0.3, 0.4) is 0 Å². The summed E-state index contributed by atoms with van der Waals surface area (Å²) < 4.78 is 55.4. The quantitative estimate of drug-likeness (QED) is 0.0318. The van der Waals surface area contributed by atoms with E-state index < -0.39 is 65.1 Å². The van der Waals surface area contributed by atoms with E-state index in [4.69, 9.17) is 30.1 Å². The van der Waals surface area contributed by atoms with Crippen molar-refractivity contribution >= 4 is 55.9 Å². The van der Waals surface area contributed by atoms with Gasteiger partial charge in [0, 0.05) is 60.5 Å². The fraction of sp³-hybridized carbons (Fsp3) is 0.340. The van der Waals surface area contributed by atoms with Gasteiger partial charge in [0.15, 0.2) is 23.1 Å². The molecular formula is C50H55N9O14S. The van der Waals surface area contributed by atoms with Crippen LogP contribution in [0.4, 0.5) is 5.82 Å². The number of aromatic nitrogens is 4. The number of phenolic OH excluding ortho intramolecular Hbond substituents is 1. The summed E-state index contributed by atoms with van der Waals surface area (Å²) in [4.78, 5) is 63.3. The predicted molar refractivity (Wildman–Crippen MR) is 268 cm³/mol. The zero-order valence-corrected chi connectivity index (χ0v) is 40.6. The molecule has 10 N–H and O–H groups in total. The minimum Gasteiger partial charge on any atom is -0.508 e. The number of nitrogens with zero attached hydrogens (tertiary/aromatic N) is 5. The van der Waals surface area contributed by atoms with Gasteiger partial charge >= 0.3 is 16.2 Å². The molecule has 2 aromatic heterocycles. The molecule has 4 heterocycles. The number of carboxylic acids is 1. The van der Waals surface area contributed by atoms with Crippen molar-refractivity contribution < 1.29 is 61.9 Å². The first-order valence-electron chi connectivity index (χ1n) is 23.7. The molecule has 0 saturated carbocycles. The molecule has 1 saturated heterocycles. The standard InChI is InChI=1S/C50H55N9O14S/c51-37(22-29-8-4-3-5-9-29)48(65)57-74(68,69)58(26-40-43(62)44(63)49(73-40)59-28-56-42-45(52)54-27-55-46(42)59)17-6-1-2-7-18-70-20-21-71-19-16-53-47(64)30-10-13-33(50(66)67)36(23-30)41-34-14-11-31(60)24-38(34)72-39-25-32(61)12-15-35(39)41/h3-5,8-15,23-25,27-28,37,40,43-44,49,60,62-63H,1-2,6-7,16-22,26,51H2,(H,53,64)(H,57,65)(H,66,67)(H2,52,54,55)/t37-,40+,43+,44+,49+/m0/s1. The number of hydrogen-bond donors (Lipinski definition) is 8. The van der Waals surface area contributed by atoms with Crippen LogP contribution in [0, 0.1) is 0 Å². The summed E-state index contributed by atoms with van der Waals surface area (Å²) in [6.07, 6.45) is -0.667. The molecular weight excluding hydrogens is 983 g/mol. The molecule has 23 nitrogen and oxygen atoms in total. The Hall–Kier alpha value is -7.42. The fourth-order valence-corrected chi connectivity index (χ4v) is 9.89. The average molecular weight is 1040 g/mol. The maximum absolute atomic E-state index is 13.8. The molecule has 5 aromatic rings. The van der Waals surface area contributed by atoms with Gasteiger partial charge in [-0.2, -0.15) is 12.7 Å². The number of imidazole rings is 1. The van der Waals surface area contributed by atoms with Crippen molar-refractivity contribution in [2.24, 2.45) is 5.73 Å². The molecule has 2 aliphatic heterocycles. The Morgan fingerprint density at radius 3 is 2.42 bits per heavy atom. The molecule has 3 aromatic carbocycles. The molecule has 24 heteroatoms. The third-order valence-electron chi connectivity index (χ3n) is 12.4. The Kier molecular flexibility index (Phi) is 16.9. The summed E-state index contributed by atoms with van der Waals surface area (Å²) in [5.74, 6) is -2.47. The number of anilines is 1. The second kappa shape index (κ2) is 23.6. The number of phenols is 1. The zero-order valence-electron chi connectivity index (χ0n) is 39.8. The SMILES string of the molecule is Nc1ncnc2c1ncn2[C@@H]1O[C@H](CN(CCCCCCOCCOCCNC(=O)c2ccc(C(=O)O)c(-c3c4ccc(=O)cc-4oc4cc(O)ccc34)c2)S(=O)(=O)NC(=O)[C@@H](N)Cc2ccccc2)[C@@H](O)[C@H]1O. The Morgan fingerprint density at radius 2 is 1.64 bits per heavy atom. The number of aliphatic hydroxyl groups excluding tert-OH is 2. The van der Waals surface area contributed by atoms with E-state index in [2.05, 4.69) is 25.0 Å². The summed E-state index contributed by atoms with van der Waals surface area (Å²) >= 11 is 0. The topological polar surface area (TPSA) is 347 Å². The van der Waals surface area contributed by atoms with Crippen molar-refractivity contribution in [3.63, 3.8) is 0 Å². The molecule has 0 radical (unpaired) electrons. The molecule has 74 heavy (non-hydrogen) atoms. The van der Waals surface area contributed by atoms with E-state index in [-0.39, 0.29) is 95.5 Å². The molecule has 1 aliphatic carbocycles. The van der Waals surface area contributed by atoms with Crippen LogP contribution >= 0.6 is 0 Å². The Bertz CT molecular complexity index is 3270. The molecule has 5 atom stereocenters. The van der Waals surface area contributed by atoms with Gasteiger partial charge in [0.05, 0.1) is 37.8 Å². The maximum atomic E-state index is 13.8. The number of hydrogen-bond acceptors (Lipinski definition) is 18. The van der Waals surface area contributed by atoms with Gasteiger partial charge in [0.25, 0.3) is 11.8 Å². The number of benzene rings is 4. The van der Waals surface area contributed by atoms with Crippen molar-refractivity contribution in [1.82, 2.24) is 33.9 Å². The number of rotatable bonds is 24. The molecule has 1 fully saturated rings. The smallest absolute Gasteiger partial charge is 0.336 e. The normalized spacial score (nSPS) is 17.3. The van der Waals surface area contributed by atoms with Crippen LogP contribution < -0.4 is 26.9 Å². The van der Waals surface area contributed by atoms with Gasteiger partial charge in [-0.25, -0.2) is 24.5 Å². The number of amides is 2. The van der Waals surface area contributed by atoms with Gasteiger partial charge in [0.1, 0.15) is 47.2 Å². The van der Waals surface area contributed by atoms with E-state index in [1.165, 1.54) is 65.8 Å². The Labute approximate surface area is 423 Å². The fourth-order valence-electron chi connectivity index (χ4n) is 8.64. The van der Waals surface area contributed by atoms with Crippen molar-refractivity contribution in [3.8, 4) is 28.2 Å². The number of nitrogen functional groups attached to an aromatic ring is 1. The highest BCUT2D eigenvalue weighted by Crippen LogP contribution is 2.42. The third-order valence-corrected chi connectivity index (χ3v) is 13.9. The van der Waals surface area contributed by atoms with Crippen LogP contribution in [0.1, 0.15) is 58.2 Å². The molecule has 2 amide bonds. The third kappa shape index (κ3) is 12.3. The highest BCUT2D eigenvalue weighted by atomic mass is 32.2. The van der Waals surface area contributed by atoms with Crippen LogP contribution in [0.5, 0.6) is 5.75 Å². The molecule has 0 bridgehead atoms. The van der Waals surface area contributed by atoms with E-state index in [1.54, 1.807) is 36.4 Å². The second-order valence-corrected chi connectivity index (χ2v) is 19.2. The zero-order chi connectivity index (χ0) is 52.5. The van der Waals surface area contributed by atoms with Gasteiger partial charge < -0.3 is 55.8 Å². The lowest BCUT2D eigenvalue weighted by Gasteiger charge is -2.27. The number of carbonyl (C=O) groups is 3. The lowest BCUT2D eigenvalue weighted by molar-refractivity contribution is -0.120. The Morgan fingerprint density at radius 1 is 0.865 bits per heavy atom. The highest BCUT2D eigenvalue weighted by Gasteiger charge is 2.46. The maximum Gasteiger partial charge on any atom is 0.336 e. The van der Waals surface area contributed by atoms with Crippen LogP contribution in [0.2, 0.25) is 0 Å². The summed E-state index contributed by atoms with van der Waals surface area (Å²) in [6, 6.07) is 20.4. The van der Waals surface area contributed by atoms with Gasteiger partial charge in [-0.15, -0.1) is 0 Å². The number of carbonyl (C=O) groups excluding carboxylic acids is 2. The van der Waals surface area contributed by atoms with Crippen molar-refractivity contribution in [3.05, 3.63) is 124 Å². The van der Waals surface area contributed by atoms with Crippen molar-refractivity contribution in [2.45, 2.75) is 62.7 Å². The minimum atomic E-state index is -4.54. The van der Waals surface area contributed by atoms with E-state index >= 15 is 0 Å². The van der Waals surface area contributed by atoms with E-state index in [0.29, 0.717) is 48.8 Å². The average Bonchev–Trinajstić information content (AvgIpc) is 3.93. The van der Waals surface area contributed by atoms with Crippen molar-refractivity contribution in [1.29, 1.82) is 0 Å². The number of aliphatic hydroxyl groups is 2. The number of carboxylic acid groups (broad SMARTS) is 1. The number of nitrogens with one attached hydrogen (secondary N) is 2. The van der Waals surface area contributed by atoms with Crippen LogP contribution in [0.15, 0.2) is 107 Å². The second-order valence-electron chi connectivity index (χ2n) is 17.5. The lowest BCUT2D eigenvalue weighted by Crippen LogP contribution is -2.52. The predicted octanol–water partition coefficient (Wildman–Crippen LogP) is 2.57. The van der Waals surface area contributed by atoms with Crippen molar-refractivity contribution in [2.75, 3.05) is 51.8 Å². The molecule has 8 rings (SSSR count). The largest absolute Gasteiger partial charge is 0.508 e. The van der Waals surface area contributed by atoms with E-state index in [1.807, 2.05) is 0 Å². The molecule has 3 aliphatic rings. The first-order valence-corrected chi connectivity index (χ1v) is 25.1. The highest BCUT2D eigenvalue weighted by molar-refractivity contribution is 7.87. The Balaban J connectivity index is 0.789. The summed E-state index contributed by atoms with van der Waals surface area (Å²) in [7, 11) is -4.54. The molecule has 0 spiro atoms. The van der Waals surface area contributed by atoms with Gasteiger partial charge in [0.2, 0.25) is 0 Å². The molecule has 390 valence electrons. The lowest BCUT2D eigenvalue weighted by atomic mass is 9.89. The van der Waals surface area contributed by atoms with Crippen LogP contribution in [0.25, 0.3) is 44.6 Å². The van der Waals surface area contributed by atoms with E-state index in [9.17, 15) is 48.0 Å². The monoisotopic (exact) mass is 1040 g/mol. The number of unbranched alkanes of at least 4 members (excludes halogenated alkanes) is 3. The first kappa shape index (κ1) is 52.9. The number of aromatic hydroxyl groups is 1. The first-order chi connectivity index (χ1) is 35.6.